The SMILES string of the molecule is CCCOc1cc(OC)ccc1/C=C(\C#N)C(=O)Nc1cc(Cl)ccc1C. The number of halogens is 1. The number of nitrogens with zero attached hydrogens (tertiary/aromatic N) is 1. The normalized spacial score (nSPS) is 10.9. The van der Waals surface area contributed by atoms with Gasteiger partial charge in [0.25, 0.3) is 5.91 Å². The Labute approximate surface area is 164 Å². The summed E-state index contributed by atoms with van der Waals surface area (Å²) in [5.41, 5.74) is 1.99. The minimum atomic E-state index is -0.514. The highest BCUT2D eigenvalue weighted by atomic mass is 35.5. The second-order valence-electron chi connectivity index (χ2n) is 5.84. The van der Waals surface area contributed by atoms with E-state index in [-0.39, 0.29) is 5.57 Å². The second kappa shape index (κ2) is 9.65. The molecule has 0 saturated heterocycles. The van der Waals surface area contributed by atoms with Gasteiger partial charge in [-0.15, -0.1) is 0 Å². The van der Waals surface area contributed by atoms with Gasteiger partial charge in [-0.1, -0.05) is 24.6 Å². The summed E-state index contributed by atoms with van der Waals surface area (Å²) in [4.78, 5) is 12.5. The van der Waals surface area contributed by atoms with Gasteiger partial charge >= 0.3 is 0 Å². The molecule has 2 aromatic rings. The van der Waals surface area contributed by atoms with E-state index in [9.17, 15) is 10.1 Å². The summed E-state index contributed by atoms with van der Waals surface area (Å²) in [6, 6.07) is 12.4. The maximum absolute atomic E-state index is 12.5. The molecule has 0 saturated carbocycles. The summed E-state index contributed by atoms with van der Waals surface area (Å²) in [5.74, 6) is 0.673. The van der Waals surface area contributed by atoms with Gasteiger partial charge in [-0.2, -0.15) is 5.26 Å². The number of hydrogen-bond acceptors (Lipinski definition) is 4. The molecule has 27 heavy (non-hydrogen) atoms. The van der Waals surface area contributed by atoms with Gasteiger partial charge in [0, 0.05) is 22.3 Å². The van der Waals surface area contributed by atoms with Crippen molar-refractivity contribution in [2.24, 2.45) is 0 Å². The van der Waals surface area contributed by atoms with Crippen molar-refractivity contribution >= 4 is 29.3 Å². The molecule has 0 bridgehead atoms. The molecule has 0 heterocycles. The van der Waals surface area contributed by atoms with Gasteiger partial charge in [0.2, 0.25) is 0 Å². The standard InChI is InChI=1S/C21H21ClN2O3/c1-4-9-27-20-12-18(26-3)8-6-15(20)10-16(13-23)21(25)24-19-11-17(22)7-5-14(19)2/h5-8,10-12H,4,9H2,1-3H3,(H,24,25)/b16-10+. The first-order chi connectivity index (χ1) is 13.0. The minimum Gasteiger partial charge on any atom is -0.497 e. The van der Waals surface area contributed by atoms with Gasteiger partial charge in [-0.25, -0.2) is 0 Å². The van der Waals surface area contributed by atoms with E-state index in [0.29, 0.717) is 34.4 Å². The average molecular weight is 385 g/mol. The molecule has 1 N–H and O–H groups in total. The lowest BCUT2D eigenvalue weighted by Gasteiger charge is -2.11. The van der Waals surface area contributed by atoms with Crippen LogP contribution in [0.4, 0.5) is 5.69 Å². The molecule has 0 atom stereocenters. The van der Waals surface area contributed by atoms with E-state index in [1.165, 1.54) is 6.08 Å². The number of amides is 1. The molecule has 0 aliphatic carbocycles. The first-order valence-corrected chi connectivity index (χ1v) is 8.86. The van der Waals surface area contributed by atoms with Gasteiger partial charge < -0.3 is 14.8 Å². The van der Waals surface area contributed by atoms with Gasteiger partial charge in [0.15, 0.2) is 0 Å². The third-order valence-corrected chi connectivity index (χ3v) is 4.03. The van der Waals surface area contributed by atoms with E-state index >= 15 is 0 Å². The molecule has 0 aliphatic rings. The summed E-state index contributed by atoms with van der Waals surface area (Å²) in [6.07, 6.45) is 2.33. The molecular formula is C21H21ClN2O3. The third-order valence-electron chi connectivity index (χ3n) is 3.80. The highest BCUT2D eigenvalue weighted by Crippen LogP contribution is 2.27. The summed E-state index contributed by atoms with van der Waals surface area (Å²) in [6.45, 7) is 4.36. The van der Waals surface area contributed by atoms with Gasteiger partial charge in [0.05, 0.1) is 13.7 Å². The van der Waals surface area contributed by atoms with Crippen LogP contribution in [0.25, 0.3) is 6.08 Å². The highest BCUT2D eigenvalue weighted by molar-refractivity contribution is 6.31. The molecule has 0 aromatic heterocycles. The molecule has 5 nitrogen and oxygen atoms in total. The minimum absolute atomic E-state index is 0.0408. The number of methoxy groups -OCH3 is 1. The number of rotatable bonds is 7. The topological polar surface area (TPSA) is 71.3 Å². The highest BCUT2D eigenvalue weighted by Gasteiger charge is 2.13. The van der Waals surface area contributed by atoms with Crippen LogP contribution in [0, 0.1) is 18.3 Å². The smallest absolute Gasteiger partial charge is 0.266 e. The Bertz CT molecular complexity index is 901. The molecule has 0 radical (unpaired) electrons. The van der Waals surface area contributed by atoms with E-state index in [1.807, 2.05) is 19.9 Å². The van der Waals surface area contributed by atoms with Crippen molar-refractivity contribution in [3.63, 3.8) is 0 Å². The van der Waals surface area contributed by atoms with Crippen molar-refractivity contribution in [1.82, 2.24) is 0 Å². The van der Waals surface area contributed by atoms with Crippen molar-refractivity contribution in [3.8, 4) is 17.6 Å². The summed E-state index contributed by atoms with van der Waals surface area (Å²) in [5, 5.41) is 12.7. The zero-order valence-corrected chi connectivity index (χ0v) is 16.3. The van der Waals surface area contributed by atoms with Crippen LogP contribution >= 0.6 is 11.6 Å². The van der Waals surface area contributed by atoms with Crippen LogP contribution in [-0.4, -0.2) is 19.6 Å². The Kier molecular flexibility index (Phi) is 7.27. The lowest BCUT2D eigenvalue weighted by atomic mass is 10.1. The maximum atomic E-state index is 12.5. The first kappa shape index (κ1) is 20.3. The summed E-state index contributed by atoms with van der Waals surface area (Å²) >= 11 is 5.98. The van der Waals surface area contributed by atoms with Crippen molar-refractivity contribution in [3.05, 3.63) is 58.1 Å². The third kappa shape index (κ3) is 5.50. The number of carbonyl (C=O) groups excluding carboxylic acids is 1. The number of nitrogens with one attached hydrogen (secondary N) is 1. The molecular weight excluding hydrogens is 364 g/mol. The Morgan fingerprint density at radius 3 is 2.74 bits per heavy atom. The van der Waals surface area contributed by atoms with Gasteiger partial charge in [-0.05, 0) is 49.2 Å². The number of nitriles is 1. The summed E-state index contributed by atoms with van der Waals surface area (Å²) < 4.78 is 10.9. The fraction of sp³-hybridized carbons (Fsp3) is 0.238. The number of aryl methyl sites for hydroxylation is 1. The van der Waals surface area contributed by atoms with Crippen LogP contribution in [0.15, 0.2) is 42.0 Å². The van der Waals surface area contributed by atoms with Crippen LogP contribution < -0.4 is 14.8 Å². The van der Waals surface area contributed by atoms with Crippen LogP contribution in [0.3, 0.4) is 0 Å². The van der Waals surface area contributed by atoms with Crippen molar-refractivity contribution in [2.75, 3.05) is 19.0 Å². The predicted molar refractivity (Wildman–Crippen MR) is 107 cm³/mol. The molecule has 2 aromatic carbocycles. The summed E-state index contributed by atoms with van der Waals surface area (Å²) in [7, 11) is 1.57. The van der Waals surface area contributed by atoms with Crippen molar-refractivity contribution in [2.45, 2.75) is 20.3 Å². The Morgan fingerprint density at radius 2 is 2.07 bits per heavy atom. The van der Waals surface area contributed by atoms with Gasteiger partial charge in [-0.3, -0.25) is 4.79 Å². The Hall–Kier alpha value is -2.97. The largest absolute Gasteiger partial charge is 0.497 e. The van der Waals surface area contributed by atoms with E-state index in [2.05, 4.69) is 5.32 Å². The maximum Gasteiger partial charge on any atom is 0.266 e. The lowest BCUT2D eigenvalue weighted by Crippen LogP contribution is -2.14. The lowest BCUT2D eigenvalue weighted by molar-refractivity contribution is -0.112. The molecule has 0 aliphatic heterocycles. The monoisotopic (exact) mass is 384 g/mol. The van der Waals surface area contributed by atoms with Crippen LogP contribution in [0.5, 0.6) is 11.5 Å². The van der Waals surface area contributed by atoms with Gasteiger partial charge in [0.1, 0.15) is 23.1 Å². The average Bonchev–Trinajstić information content (AvgIpc) is 2.67. The van der Waals surface area contributed by atoms with E-state index in [4.69, 9.17) is 21.1 Å². The second-order valence-corrected chi connectivity index (χ2v) is 6.27. The number of hydrogen-bond donors (Lipinski definition) is 1. The van der Waals surface area contributed by atoms with Crippen LogP contribution in [0.2, 0.25) is 5.02 Å². The Balaban J connectivity index is 2.33. The molecule has 6 heteroatoms. The van der Waals surface area contributed by atoms with Crippen molar-refractivity contribution in [1.29, 1.82) is 5.26 Å². The number of anilines is 1. The van der Waals surface area contributed by atoms with Crippen LogP contribution in [0.1, 0.15) is 24.5 Å². The molecule has 0 fully saturated rings. The molecule has 0 spiro atoms. The first-order valence-electron chi connectivity index (χ1n) is 8.48. The molecule has 0 unspecified atom stereocenters. The number of carbonyl (C=O) groups is 1. The van der Waals surface area contributed by atoms with E-state index < -0.39 is 5.91 Å². The van der Waals surface area contributed by atoms with Crippen molar-refractivity contribution < 1.29 is 14.3 Å². The Morgan fingerprint density at radius 1 is 1.30 bits per heavy atom. The molecule has 1 amide bonds. The fourth-order valence-electron chi connectivity index (χ4n) is 2.32. The quantitative estimate of drug-likeness (QED) is 0.539. The fourth-order valence-corrected chi connectivity index (χ4v) is 2.49. The van der Waals surface area contributed by atoms with E-state index in [1.54, 1.807) is 43.5 Å². The van der Waals surface area contributed by atoms with E-state index in [0.717, 1.165) is 12.0 Å². The zero-order valence-electron chi connectivity index (χ0n) is 15.5. The zero-order chi connectivity index (χ0) is 19.8. The predicted octanol–water partition coefficient (Wildman–Crippen LogP) is 4.99. The molecule has 140 valence electrons. The molecule has 2 rings (SSSR count). The van der Waals surface area contributed by atoms with Crippen LogP contribution in [-0.2, 0) is 4.79 Å². The number of benzene rings is 2. The number of ether oxygens (including phenoxy) is 2.